The minimum atomic E-state index is -0.488. The van der Waals surface area contributed by atoms with Crippen molar-refractivity contribution in [2.24, 2.45) is 5.92 Å². The van der Waals surface area contributed by atoms with Gasteiger partial charge in [0, 0.05) is 10.4 Å². The summed E-state index contributed by atoms with van der Waals surface area (Å²) in [5.74, 6) is -0.0941. The molecule has 0 aliphatic heterocycles. The van der Waals surface area contributed by atoms with Gasteiger partial charge in [-0.05, 0) is 40.9 Å². The highest BCUT2D eigenvalue weighted by Gasteiger charge is 2.30. The number of carbonyl (C=O) groups is 2. The molecule has 0 aromatic carbocycles. The summed E-state index contributed by atoms with van der Waals surface area (Å²) in [5, 5.41) is 0. The van der Waals surface area contributed by atoms with Gasteiger partial charge in [-0.1, -0.05) is 0 Å². The maximum absolute atomic E-state index is 11.7. The molecule has 0 unspecified atom stereocenters. The monoisotopic (exact) mass is 297 g/mol. The Morgan fingerprint density at radius 1 is 1.47 bits per heavy atom. The Morgan fingerprint density at radius 2 is 2.18 bits per heavy atom. The molecule has 17 heavy (non-hydrogen) atoms. The third-order valence-corrected chi connectivity index (χ3v) is 3.41. The average Bonchev–Trinajstić information content (AvgIpc) is 3.14. The van der Waals surface area contributed by atoms with E-state index in [1.165, 1.54) is 7.11 Å². The number of hydrogen-bond donors (Lipinski definition) is 0. The van der Waals surface area contributed by atoms with E-state index >= 15 is 0 Å². The minimum absolute atomic E-state index is 0.195. The van der Waals surface area contributed by atoms with E-state index in [1.807, 2.05) is 0 Å². The van der Waals surface area contributed by atoms with Gasteiger partial charge in [0.05, 0.1) is 19.2 Å². The third-order valence-electron chi connectivity index (χ3n) is 2.69. The molecule has 1 fully saturated rings. The first-order valence-electron chi connectivity index (χ1n) is 5.38. The predicted molar refractivity (Wildman–Crippen MR) is 64.7 cm³/mol. The summed E-state index contributed by atoms with van der Waals surface area (Å²) in [6, 6.07) is 3.29. The SMILES string of the molecule is COC(=O)c1ccc(Br)c(CC(=O)C2CC2)n1. The fraction of sp³-hybridized carbons (Fsp3) is 0.417. The van der Waals surface area contributed by atoms with Crippen LogP contribution in [0.5, 0.6) is 0 Å². The van der Waals surface area contributed by atoms with E-state index in [2.05, 4.69) is 25.7 Å². The van der Waals surface area contributed by atoms with Crippen LogP contribution in [0.3, 0.4) is 0 Å². The number of nitrogens with zero attached hydrogens (tertiary/aromatic N) is 1. The number of hydrogen-bond acceptors (Lipinski definition) is 4. The van der Waals surface area contributed by atoms with Crippen LogP contribution in [0.1, 0.15) is 29.0 Å². The minimum Gasteiger partial charge on any atom is -0.464 e. The number of ether oxygens (including phenoxy) is 1. The molecule has 5 heteroatoms. The number of pyridine rings is 1. The van der Waals surface area contributed by atoms with Crippen LogP contribution in [0.15, 0.2) is 16.6 Å². The summed E-state index contributed by atoms with van der Waals surface area (Å²) in [7, 11) is 1.31. The molecule has 0 N–H and O–H groups in total. The van der Waals surface area contributed by atoms with Crippen LogP contribution in [0.2, 0.25) is 0 Å². The van der Waals surface area contributed by atoms with Crippen LogP contribution in [0.25, 0.3) is 0 Å². The summed E-state index contributed by atoms with van der Waals surface area (Å²) >= 11 is 3.33. The molecular weight excluding hydrogens is 286 g/mol. The highest BCUT2D eigenvalue weighted by molar-refractivity contribution is 9.10. The van der Waals surface area contributed by atoms with Crippen molar-refractivity contribution >= 4 is 27.7 Å². The Labute approximate surface area is 108 Å². The standard InChI is InChI=1S/C12H12BrNO3/c1-17-12(16)9-5-4-8(13)10(14-9)6-11(15)7-2-3-7/h4-5,7H,2-3,6H2,1H3. The van der Waals surface area contributed by atoms with Crippen molar-refractivity contribution in [3.63, 3.8) is 0 Å². The zero-order valence-corrected chi connectivity index (χ0v) is 11.0. The Bertz CT molecular complexity index is 469. The predicted octanol–water partition coefficient (Wildman–Crippen LogP) is 2.15. The summed E-state index contributed by atoms with van der Waals surface area (Å²) in [5.41, 5.74) is 0.832. The molecular formula is C12H12BrNO3. The van der Waals surface area contributed by atoms with E-state index in [-0.39, 0.29) is 23.8 Å². The molecule has 1 saturated carbocycles. The molecule has 0 spiro atoms. The molecule has 1 aromatic heterocycles. The Hall–Kier alpha value is -1.23. The van der Waals surface area contributed by atoms with Gasteiger partial charge >= 0.3 is 5.97 Å². The Balaban J connectivity index is 2.19. The van der Waals surface area contributed by atoms with E-state index in [0.29, 0.717) is 5.69 Å². The van der Waals surface area contributed by atoms with Gasteiger partial charge < -0.3 is 4.74 Å². The summed E-state index contributed by atoms with van der Waals surface area (Å²) in [4.78, 5) is 27.2. The summed E-state index contributed by atoms with van der Waals surface area (Å²) < 4.78 is 5.34. The highest BCUT2D eigenvalue weighted by atomic mass is 79.9. The molecule has 0 saturated heterocycles. The Kier molecular flexibility index (Phi) is 3.57. The molecule has 0 bridgehead atoms. The van der Waals surface area contributed by atoms with Gasteiger partial charge in [-0.25, -0.2) is 9.78 Å². The van der Waals surface area contributed by atoms with Crippen LogP contribution in [0, 0.1) is 5.92 Å². The second-order valence-corrected chi connectivity index (χ2v) is 4.89. The van der Waals surface area contributed by atoms with Crippen LogP contribution in [-0.2, 0) is 16.0 Å². The first-order valence-corrected chi connectivity index (χ1v) is 6.17. The zero-order valence-electron chi connectivity index (χ0n) is 9.40. The van der Waals surface area contributed by atoms with Crippen molar-refractivity contribution in [2.75, 3.05) is 7.11 Å². The lowest BCUT2D eigenvalue weighted by Crippen LogP contribution is -2.11. The highest BCUT2D eigenvalue weighted by Crippen LogP contribution is 2.31. The van der Waals surface area contributed by atoms with Crippen molar-refractivity contribution in [3.8, 4) is 0 Å². The van der Waals surface area contributed by atoms with E-state index in [9.17, 15) is 9.59 Å². The van der Waals surface area contributed by atoms with Gasteiger partial charge in [-0.2, -0.15) is 0 Å². The van der Waals surface area contributed by atoms with E-state index < -0.39 is 5.97 Å². The van der Waals surface area contributed by atoms with E-state index in [1.54, 1.807) is 12.1 Å². The third kappa shape index (κ3) is 2.91. The number of esters is 1. The van der Waals surface area contributed by atoms with Crippen LogP contribution in [-0.4, -0.2) is 23.8 Å². The first-order chi connectivity index (χ1) is 8.11. The first kappa shape index (κ1) is 12.2. The largest absolute Gasteiger partial charge is 0.464 e. The number of Topliss-reactive ketones (excluding diaryl/α,β-unsaturated/α-hetero) is 1. The fourth-order valence-corrected chi connectivity index (χ4v) is 1.90. The molecule has 1 heterocycles. The normalized spacial score (nSPS) is 14.5. The van der Waals surface area contributed by atoms with Gasteiger partial charge in [-0.3, -0.25) is 4.79 Å². The molecule has 1 aliphatic carbocycles. The zero-order chi connectivity index (χ0) is 12.4. The van der Waals surface area contributed by atoms with Crippen molar-refractivity contribution in [1.29, 1.82) is 0 Å². The number of carbonyl (C=O) groups excluding carboxylic acids is 2. The van der Waals surface area contributed by atoms with Crippen molar-refractivity contribution in [3.05, 3.63) is 28.0 Å². The molecule has 1 aromatic rings. The number of rotatable bonds is 4. The molecule has 1 aliphatic rings. The lowest BCUT2D eigenvalue weighted by molar-refractivity contribution is -0.119. The number of halogens is 1. The van der Waals surface area contributed by atoms with Crippen molar-refractivity contribution in [1.82, 2.24) is 4.98 Å². The van der Waals surface area contributed by atoms with E-state index in [0.717, 1.165) is 17.3 Å². The van der Waals surface area contributed by atoms with Gasteiger partial charge in [0.2, 0.25) is 0 Å². The topological polar surface area (TPSA) is 56.3 Å². The van der Waals surface area contributed by atoms with Gasteiger partial charge in [0.1, 0.15) is 11.5 Å². The summed E-state index contributed by atoms with van der Waals surface area (Å²) in [6.07, 6.45) is 2.23. The number of aromatic nitrogens is 1. The maximum atomic E-state index is 11.7. The second-order valence-electron chi connectivity index (χ2n) is 4.03. The van der Waals surface area contributed by atoms with Crippen LogP contribution < -0.4 is 0 Å². The smallest absolute Gasteiger partial charge is 0.356 e. The summed E-state index contributed by atoms with van der Waals surface area (Å²) in [6.45, 7) is 0. The molecule has 2 rings (SSSR count). The quantitative estimate of drug-likeness (QED) is 0.799. The molecule has 0 radical (unpaired) electrons. The van der Waals surface area contributed by atoms with E-state index in [4.69, 9.17) is 0 Å². The number of ketones is 1. The molecule has 0 atom stereocenters. The second kappa shape index (κ2) is 4.96. The molecule has 90 valence electrons. The van der Waals surface area contributed by atoms with Gasteiger partial charge in [0.15, 0.2) is 0 Å². The fourth-order valence-electron chi connectivity index (χ4n) is 1.54. The Morgan fingerprint density at radius 3 is 2.76 bits per heavy atom. The maximum Gasteiger partial charge on any atom is 0.356 e. The van der Waals surface area contributed by atoms with Gasteiger partial charge in [-0.15, -0.1) is 0 Å². The van der Waals surface area contributed by atoms with Crippen molar-refractivity contribution < 1.29 is 14.3 Å². The van der Waals surface area contributed by atoms with Crippen LogP contribution >= 0.6 is 15.9 Å². The van der Waals surface area contributed by atoms with Gasteiger partial charge in [0.25, 0.3) is 0 Å². The average molecular weight is 298 g/mol. The molecule has 0 amide bonds. The lowest BCUT2D eigenvalue weighted by atomic mass is 10.1. The number of methoxy groups -OCH3 is 1. The van der Waals surface area contributed by atoms with Crippen molar-refractivity contribution in [2.45, 2.75) is 19.3 Å². The van der Waals surface area contributed by atoms with Crippen LogP contribution in [0.4, 0.5) is 0 Å². The molecule has 4 nitrogen and oxygen atoms in total. The lowest BCUT2D eigenvalue weighted by Gasteiger charge is -2.05.